The quantitative estimate of drug-likeness (QED) is 0.187. The minimum absolute atomic E-state index is 0.0294. The molecule has 0 spiro atoms. The summed E-state index contributed by atoms with van der Waals surface area (Å²) in [6.45, 7) is 9.10. The molecule has 1 N–H and O–H groups in total. The lowest BCUT2D eigenvalue weighted by Gasteiger charge is -2.23. The second-order valence-corrected chi connectivity index (χ2v) is 17.8. The summed E-state index contributed by atoms with van der Waals surface area (Å²) in [5, 5.41) is 3.86. The number of benzene rings is 9. The van der Waals surface area contributed by atoms with Crippen molar-refractivity contribution < 1.29 is 0 Å². The molecule has 1 heterocycles. The van der Waals surface area contributed by atoms with E-state index < -0.39 is 0 Å². The molecule has 0 fully saturated rings. The first-order valence-corrected chi connectivity index (χ1v) is 22.0. The highest BCUT2D eigenvalue weighted by Gasteiger charge is 2.36. The van der Waals surface area contributed by atoms with Crippen LogP contribution in [0.5, 0.6) is 0 Å². The number of rotatable bonds is 4. The fourth-order valence-corrected chi connectivity index (χ4v) is 10.5. The third-order valence-corrected chi connectivity index (χ3v) is 13.6. The first kappa shape index (κ1) is 37.8. The Morgan fingerprint density at radius 1 is 0.419 bits per heavy atom. The van der Waals surface area contributed by atoms with Gasteiger partial charge in [-0.2, -0.15) is 0 Å². The van der Waals surface area contributed by atoms with Crippen molar-refractivity contribution in [3.05, 3.63) is 239 Å². The zero-order valence-electron chi connectivity index (χ0n) is 35.9. The highest BCUT2D eigenvalue weighted by atomic mass is 14.9. The van der Waals surface area contributed by atoms with Gasteiger partial charge < -0.3 is 5.32 Å². The van der Waals surface area contributed by atoms with E-state index in [1.165, 1.54) is 117 Å². The van der Waals surface area contributed by atoms with Crippen LogP contribution in [0, 0.1) is 13.8 Å². The lowest BCUT2D eigenvalue weighted by atomic mass is 9.80. The first-order valence-electron chi connectivity index (χ1n) is 22.0. The lowest BCUT2D eigenvalue weighted by Crippen LogP contribution is -2.15. The highest BCUT2D eigenvalue weighted by Crippen LogP contribution is 2.52. The van der Waals surface area contributed by atoms with E-state index >= 15 is 0 Å². The molecule has 0 unspecified atom stereocenters. The Morgan fingerprint density at radius 3 is 1.81 bits per heavy atom. The van der Waals surface area contributed by atoms with Gasteiger partial charge in [-0.15, -0.1) is 0 Å². The maximum Gasteiger partial charge on any atom is 0.0544 e. The van der Waals surface area contributed by atoms with Crippen LogP contribution in [0.4, 0.5) is 11.4 Å². The molecule has 2 aliphatic carbocycles. The van der Waals surface area contributed by atoms with Gasteiger partial charge in [0.15, 0.2) is 0 Å². The number of hydrogen-bond acceptors (Lipinski definition) is 1. The molecule has 1 nitrogen and oxygen atoms in total. The fraction of sp³-hybridized carbons (Fsp3) is 0.115. The molecule has 62 heavy (non-hydrogen) atoms. The van der Waals surface area contributed by atoms with E-state index in [4.69, 9.17) is 0 Å². The molecule has 0 radical (unpaired) electrons. The standard InChI is InChI=1S/C32H23N.C29H26/c1-20-16-17-30-29(18-20)25-12-5-4-11-24(25)27-14-7-15-28(32(27)33-30)26-13-6-9-22-19-21-8-2-3-10-23(21)31(22)26;1-20-11-7-8-14-23(20)25-19-26-24-15-9-10-16-27(24)29(2,3)28(26)18-22(25)17-21-12-5-4-6-13-21/h2-18,33H,19H2,1H3;4-16,18-19H,17H2,1-3H3. The van der Waals surface area contributed by atoms with E-state index in [0.29, 0.717) is 0 Å². The van der Waals surface area contributed by atoms with E-state index in [1.54, 1.807) is 0 Å². The zero-order chi connectivity index (χ0) is 42.0. The molecule has 3 aliphatic rings. The maximum atomic E-state index is 3.86. The van der Waals surface area contributed by atoms with Gasteiger partial charge in [-0.25, -0.2) is 0 Å². The van der Waals surface area contributed by atoms with Crippen LogP contribution in [-0.2, 0) is 18.3 Å². The summed E-state index contributed by atoms with van der Waals surface area (Å²) < 4.78 is 0. The fourth-order valence-electron chi connectivity index (χ4n) is 10.5. The highest BCUT2D eigenvalue weighted by molar-refractivity contribution is 6.05. The molecule has 9 aromatic carbocycles. The van der Waals surface area contributed by atoms with E-state index in [1.807, 2.05) is 0 Å². The summed E-state index contributed by atoms with van der Waals surface area (Å²) in [5.74, 6) is 0. The van der Waals surface area contributed by atoms with Crippen molar-refractivity contribution >= 4 is 11.4 Å². The number of para-hydroxylation sites is 1. The Kier molecular flexibility index (Phi) is 9.16. The van der Waals surface area contributed by atoms with Crippen molar-refractivity contribution in [3.63, 3.8) is 0 Å². The predicted octanol–water partition coefficient (Wildman–Crippen LogP) is 16.2. The summed E-state index contributed by atoms with van der Waals surface area (Å²) in [5.41, 5.74) is 29.3. The molecule has 0 aromatic heterocycles. The molecule has 1 heteroatoms. The molecular formula is C61H49N. The van der Waals surface area contributed by atoms with Crippen LogP contribution in [0.15, 0.2) is 194 Å². The van der Waals surface area contributed by atoms with Gasteiger partial charge in [-0.1, -0.05) is 195 Å². The van der Waals surface area contributed by atoms with Gasteiger partial charge in [0, 0.05) is 27.8 Å². The van der Waals surface area contributed by atoms with E-state index in [9.17, 15) is 0 Å². The second-order valence-electron chi connectivity index (χ2n) is 17.8. The smallest absolute Gasteiger partial charge is 0.0544 e. The van der Waals surface area contributed by atoms with Gasteiger partial charge in [0.05, 0.1) is 5.69 Å². The molecule has 1 aliphatic heterocycles. The van der Waals surface area contributed by atoms with Crippen LogP contribution in [-0.4, -0.2) is 0 Å². The number of aryl methyl sites for hydroxylation is 2. The minimum Gasteiger partial charge on any atom is -0.354 e. The molecule has 298 valence electrons. The van der Waals surface area contributed by atoms with Crippen LogP contribution in [0.2, 0.25) is 0 Å². The van der Waals surface area contributed by atoms with Crippen molar-refractivity contribution in [1.82, 2.24) is 0 Å². The summed E-state index contributed by atoms with van der Waals surface area (Å²) in [7, 11) is 0. The van der Waals surface area contributed by atoms with Crippen LogP contribution in [0.25, 0.3) is 66.8 Å². The lowest BCUT2D eigenvalue weighted by molar-refractivity contribution is 0.659. The van der Waals surface area contributed by atoms with Crippen molar-refractivity contribution in [2.45, 2.75) is 46.0 Å². The Bertz CT molecular complexity index is 3200. The van der Waals surface area contributed by atoms with Crippen LogP contribution < -0.4 is 5.32 Å². The third kappa shape index (κ3) is 6.31. The van der Waals surface area contributed by atoms with Gasteiger partial charge in [0.25, 0.3) is 0 Å². The summed E-state index contributed by atoms with van der Waals surface area (Å²) in [6.07, 6.45) is 1.96. The van der Waals surface area contributed by atoms with E-state index in [2.05, 4.69) is 227 Å². The molecule has 12 rings (SSSR count). The number of hydrogen-bond donors (Lipinski definition) is 1. The van der Waals surface area contributed by atoms with Crippen molar-refractivity contribution in [2.24, 2.45) is 0 Å². The number of nitrogens with one attached hydrogen (secondary N) is 1. The van der Waals surface area contributed by atoms with Gasteiger partial charge in [0.1, 0.15) is 0 Å². The normalized spacial score (nSPS) is 13.1. The number of fused-ring (bicyclic) bond motifs is 11. The SMILES string of the molecule is Cc1ccc2c(c1)-c1ccccc1-c1cccc(-c3cccc4c3-c3ccccc3C4)c1N2.Cc1ccccc1-c1cc2c(cc1Cc1ccccc1)C(C)(C)c1ccccc1-2. The molecular weight excluding hydrogens is 747 g/mol. The Labute approximate surface area is 366 Å². The molecule has 0 amide bonds. The largest absolute Gasteiger partial charge is 0.354 e. The van der Waals surface area contributed by atoms with Gasteiger partial charge in [-0.3, -0.25) is 0 Å². The molecule has 0 bridgehead atoms. The van der Waals surface area contributed by atoms with Crippen LogP contribution >= 0.6 is 0 Å². The van der Waals surface area contributed by atoms with Crippen molar-refractivity contribution in [3.8, 4) is 66.8 Å². The number of anilines is 2. The van der Waals surface area contributed by atoms with E-state index in [0.717, 1.165) is 18.5 Å². The molecule has 0 saturated carbocycles. The predicted molar refractivity (Wildman–Crippen MR) is 262 cm³/mol. The Balaban J connectivity index is 0.000000141. The van der Waals surface area contributed by atoms with Gasteiger partial charge in [0.2, 0.25) is 0 Å². The summed E-state index contributed by atoms with van der Waals surface area (Å²) >= 11 is 0. The Morgan fingerprint density at radius 2 is 1.02 bits per heavy atom. The van der Waals surface area contributed by atoms with Gasteiger partial charge >= 0.3 is 0 Å². The Hall–Kier alpha value is -7.22. The van der Waals surface area contributed by atoms with Crippen LogP contribution in [0.3, 0.4) is 0 Å². The average Bonchev–Trinajstić information content (AvgIpc) is 3.74. The first-order chi connectivity index (χ1) is 30.3. The second kappa shape index (κ2) is 15.0. The average molecular weight is 796 g/mol. The molecule has 0 atom stereocenters. The van der Waals surface area contributed by atoms with Crippen LogP contribution in [0.1, 0.15) is 58.4 Å². The molecule has 9 aromatic rings. The molecule has 0 saturated heterocycles. The summed E-state index contributed by atoms with van der Waals surface area (Å²) in [4.78, 5) is 0. The van der Waals surface area contributed by atoms with E-state index in [-0.39, 0.29) is 5.41 Å². The third-order valence-electron chi connectivity index (χ3n) is 13.6. The zero-order valence-corrected chi connectivity index (χ0v) is 35.9. The van der Waals surface area contributed by atoms with Gasteiger partial charge in [-0.05, 0) is 134 Å². The topological polar surface area (TPSA) is 12.0 Å². The maximum absolute atomic E-state index is 3.86. The minimum atomic E-state index is 0.0294. The van der Waals surface area contributed by atoms with Crippen molar-refractivity contribution in [1.29, 1.82) is 0 Å². The van der Waals surface area contributed by atoms with Crippen molar-refractivity contribution in [2.75, 3.05) is 5.32 Å². The summed E-state index contributed by atoms with van der Waals surface area (Å²) in [6, 6.07) is 71.2. The monoisotopic (exact) mass is 795 g/mol.